The zero-order valence-electron chi connectivity index (χ0n) is 15.6. The molecule has 5 heterocycles. The third-order valence-corrected chi connectivity index (χ3v) is 6.08. The summed E-state index contributed by atoms with van der Waals surface area (Å²) in [7, 11) is 3.57. The van der Waals surface area contributed by atoms with E-state index in [4.69, 9.17) is 0 Å². The molecule has 0 bridgehead atoms. The normalized spacial score (nSPS) is 13.7. The first-order valence-corrected chi connectivity index (χ1v) is 9.84. The van der Waals surface area contributed by atoms with E-state index in [1.807, 2.05) is 33.8 Å². The molecule has 0 radical (unpaired) electrons. The van der Waals surface area contributed by atoms with E-state index in [0.717, 1.165) is 33.7 Å². The monoisotopic (exact) mass is 393 g/mol. The van der Waals surface area contributed by atoms with Gasteiger partial charge >= 0.3 is 6.03 Å². The van der Waals surface area contributed by atoms with Crippen LogP contribution in [0.4, 0.5) is 16.3 Å². The molecule has 1 aliphatic rings. The maximum absolute atomic E-state index is 12.3. The van der Waals surface area contributed by atoms with Gasteiger partial charge in [-0.15, -0.1) is 11.3 Å². The first kappa shape index (κ1) is 16.9. The molecule has 0 saturated carbocycles. The van der Waals surface area contributed by atoms with Crippen molar-refractivity contribution in [2.24, 2.45) is 0 Å². The van der Waals surface area contributed by atoms with Crippen molar-refractivity contribution in [3.63, 3.8) is 0 Å². The Morgan fingerprint density at radius 1 is 1.29 bits per heavy atom. The van der Waals surface area contributed by atoms with Gasteiger partial charge in [0.15, 0.2) is 0 Å². The molecule has 0 spiro atoms. The van der Waals surface area contributed by atoms with Crippen LogP contribution in [0.25, 0.3) is 15.7 Å². The van der Waals surface area contributed by atoms with Gasteiger partial charge in [-0.2, -0.15) is 5.10 Å². The summed E-state index contributed by atoms with van der Waals surface area (Å²) in [6.45, 7) is 1.32. The average Bonchev–Trinajstić information content (AvgIpc) is 3.30. The lowest BCUT2D eigenvalue weighted by Crippen LogP contribution is -2.41. The molecule has 2 amide bonds. The van der Waals surface area contributed by atoms with Gasteiger partial charge in [0.2, 0.25) is 0 Å². The maximum atomic E-state index is 12.3. The Labute approximate surface area is 165 Å². The van der Waals surface area contributed by atoms with Gasteiger partial charge in [0.1, 0.15) is 17.0 Å². The number of nitrogens with one attached hydrogen (secondary N) is 1. The number of thiophene rings is 1. The molecule has 1 N–H and O–H groups in total. The lowest BCUT2D eigenvalue weighted by atomic mass is 10.1. The van der Waals surface area contributed by atoms with Crippen molar-refractivity contribution >= 4 is 44.6 Å². The molecule has 1 aliphatic heterocycles. The van der Waals surface area contributed by atoms with E-state index in [0.29, 0.717) is 13.1 Å². The Hall–Kier alpha value is -3.20. The number of amides is 2. The Bertz CT molecular complexity index is 1200. The van der Waals surface area contributed by atoms with Crippen LogP contribution in [0.15, 0.2) is 36.9 Å². The van der Waals surface area contributed by atoms with E-state index in [9.17, 15) is 4.79 Å². The average molecular weight is 393 g/mol. The van der Waals surface area contributed by atoms with E-state index in [2.05, 4.69) is 20.4 Å². The highest BCUT2D eigenvalue weighted by molar-refractivity contribution is 7.19. The molecule has 0 saturated heterocycles. The Morgan fingerprint density at radius 3 is 3.04 bits per heavy atom. The van der Waals surface area contributed by atoms with Gasteiger partial charge in [-0.05, 0) is 30.2 Å². The summed E-state index contributed by atoms with van der Waals surface area (Å²) in [5.41, 5.74) is 3.21. The van der Waals surface area contributed by atoms with Crippen LogP contribution in [0.1, 0.15) is 10.4 Å². The van der Waals surface area contributed by atoms with E-state index in [-0.39, 0.29) is 6.03 Å². The maximum Gasteiger partial charge on any atom is 0.319 e. The summed E-state index contributed by atoms with van der Waals surface area (Å²) in [6.07, 6.45) is 6.09. The molecular weight excluding hydrogens is 374 g/mol. The number of carbonyl (C=O) groups is 1. The highest BCUT2D eigenvalue weighted by atomic mass is 32.1. The van der Waals surface area contributed by atoms with E-state index in [1.54, 1.807) is 42.9 Å². The van der Waals surface area contributed by atoms with Gasteiger partial charge in [0, 0.05) is 43.6 Å². The highest BCUT2D eigenvalue weighted by Gasteiger charge is 2.27. The summed E-state index contributed by atoms with van der Waals surface area (Å²) in [6, 6.07) is 6.02. The number of nitrogens with zero attached hydrogens (tertiary/aromatic N) is 6. The van der Waals surface area contributed by atoms with E-state index < -0.39 is 0 Å². The Morgan fingerprint density at radius 2 is 2.18 bits per heavy atom. The smallest absolute Gasteiger partial charge is 0.319 e. The van der Waals surface area contributed by atoms with Crippen LogP contribution in [-0.2, 0) is 13.0 Å². The molecule has 0 fully saturated rings. The van der Waals surface area contributed by atoms with E-state index >= 15 is 0 Å². The number of aromatic nitrogens is 4. The fraction of sp³-hybridized carbons (Fsp3) is 0.263. The number of hydrogen-bond acceptors (Lipinski definition) is 6. The molecule has 5 rings (SSSR count). The van der Waals surface area contributed by atoms with Crippen LogP contribution in [0.3, 0.4) is 0 Å². The van der Waals surface area contributed by atoms with Gasteiger partial charge in [-0.3, -0.25) is 0 Å². The molecule has 8 nitrogen and oxygen atoms in total. The number of hydrogen-bond donors (Lipinski definition) is 1. The Kier molecular flexibility index (Phi) is 3.90. The van der Waals surface area contributed by atoms with Gasteiger partial charge in [0.05, 0.1) is 17.4 Å². The predicted molar refractivity (Wildman–Crippen MR) is 109 cm³/mol. The van der Waals surface area contributed by atoms with Crippen molar-refractivity contribution in [3.8, 4) is 0 Å². The third-order valence-electron chi connectivity index (χ3n) is 4.95. The fourth-order valence-corrected chi connectivity index (χ4v) is 4.81. The predicted octanol–water partition coefficient (Wildman–Crippen LogP) is 3.12. The summed E-state index contributed by atoms with van der Waals surface area (Å²) < 4.78 is 1.82. The zero-order chi connectivity index (χ0) is 19.3. The molecule has 28 heavy (non-hydrogen) atoms. The number of pyridine rings is 1. The highest BCUT2D eigenvalue weighted by Crippen LogP contribution is 2.38. The molecule has 0 atom stereocenters. The minimum Gasteiger partial charge on any atom is -0.339 e. The van der Waals surface area contributed by atoms with Gasteiger partial charge in [-0.1, -0.05) is 0 Å². The van der Waals surface area contributed by atoms with Crippen LogP contribution in [0, 0.1) is 0 Å². The molecule has 142 valence electrons. The van der Waals surface area contributed by atoms with Crippen molar-refractivity contribution in [2.45, 2.75) is 13.0 Å². The van der Waals surface area contributed by atoms with Crippen LogP contribution in [-0.4, -0.2) is 56.1 Å². The fourth-order valence-electron chi connectivity index (χ4n) is 3.60. The van der Waals surface area contributed by atoms with Crippen LogP contribution < -0.4 is 5.32 Å². The summed E-state index contributed by atoms with van der Waals surface area (Å²) >= 11 is 1.64. The summed E-state index contributed by atoms with van der Waals surface area (Å²) in [5.74, 6) is 0.804. The second-order valence-electron chi connectivity index (χ2n) is 7.00. The Balaban J connectivity index is 1.52. The van der Waals surface area contributed by atoms with E-state index in [1.165, 1.54) is 10.4 Å². The van der Waals surface area contributed by atoms with Crippen molar-refractivity contribution in [1.29, 1.82) is 0 Å². The quantitative estimate of drug-likeness (QED) is 0.566. The topological polar surface area (TPSA) is 78.7 Å². The van der Waals surface area contributed by atoms with Crippen LogP contribution in [0.2, 0.25) is 0 Å². The minimum absolute atomic E-state index is 0.0432. The summed E-state index contributed by atoms with van der Waals surface area (Å²) in [5, 5.41) is 8.73. The molecule has 9 heteroatoms. The number of anilines is 2. The van der Waals surface area contributed by atoms with Gasteiger partial charge in [0.25, 0.3) is 0 Å². The second kappa shape index (κ2) is 6.45. The molecule has 0 unspecified atom stereocenters. The van der Waals surface area contributed by atoms with Gasteiger partial charge < -0.3 is 15.1 Å². The van der Waals surface area contributed by atoms with Crippen molar-refractivity contribution < 1.29 is 4.79 Å². The lowest BCUT2D eigenvalue weighted by molar-refractivity contribution is 0.166. The molecule has 0 aromatic carbocycles. The second-order valence-corrected chi connectivity index (χ2v) is 8.08. The number of fused-ring (bicyclic) bond motifs is 4. The largest absolute Gasteiger partial charge is 0.339 e. The van der Waals surface area contributed by atoms with Crippen LogP contribution >= 0.6 is 11.3 Å². The minimum atomic E-state index is 0.0432. The van der Waals surface area contributed by atoms with Gasteiger partial charge in [-0.25, -0.2) is 19.3 Å². The molecule has 0 aliphatic carbocycles. The number of carbonyl (C=O) groups excluding carboxylic acids is 1. The van der Waals surface area contributed by atoms with Crippen molar-refractivity contribution in [3.05, 3.63) is 47.4 Å². The standard InChI is InChI=1S/C19H19N7OS/c1-24(2)19(27)25-7-5-14-15(10-25)28-18-16(14)17(20-11-21-18)23-12-4-8-26-13(9-12)3-6-22-26/h3-4,6,8-9,11H,5,7,10H2,1-2H3,(H,20,21,23). The first-order chi connectivity index (χ1) is 13.6. The number of rotatable bonds is 2. The number of urea groups is 1. The third kappa shape index (κ3) is 2.75. The SMILES string of the molecule is CN(C)C(=O)N1CCc2c(sc3ncnc(Nc4ccn5nccc5c4)c23)C1. The van der Waals surface area contributed by atoms with Crippen molar-refractivity contribution in [2.75, 3.05) is 26.0 Å². The zero-order valence-corrected chi connectivity index (χ0v) is 16.4. The molecular formula is C19H19N7OS. The molecule has 4 aromatic rings. The lowest BCUT2D eigenvalue weighted by Gasteiger charge is -2.29. The first-order valence-electron chi connectivity index (χ1n) is 9.02. The van der Waals surface area contributed by atoms with Crippen LogP contribution in [0.5, 0.6) is 0 Å². The summed E-state index contributed by atoms with van der Waals surface area (Å²) in [4.78, 5) is 26.9. The molecule has 4 aromatic heterocycles. The van der Waals surface area contributed by atoms with Crippen molar-refractivity contribution in [1.82, 2.24) is 29.4 Å².